The highest BCUT2D eigenvalue weighted by Gasteiger charge is 2.46. The summed E-state index contributed by atoms with van der Waals surface area (Å²) < 4.78 is 16.6. The Kier molecular flexibility index (Phi) is 16.9. The van der Waals surface area contributed by atoms with E-state index in [4.69, 9.17) is 14.2 Å². The first kappa shape index (κ1) is 50.2. The number of aliphatic hydroxyl groups excluding tert-OH is 4. The predicted molar refractivity (Wildman–Crippen MR) is 240 cm³/mol. The van der Waals surface area contributed by atoms with Gasteiger partial charge in [-0.05, 0) is 54.3 Å². The van der Waals surface area contributed by atoms with Crippen LogP contribution in [0.5, 0.6) is 5.75 Å². The van der Waals surface area contributed by atoms with Crippen LogP contribution in [0.2, 0.25) is 0 Å². The monoisotopic (exact) mass is 945 g/mol. The molecule has 2 aliphatic heterocycles. The smallest absolute Gasteiger partial charge is 0.408 e. The second kappa shape index (κ2) is 23.0. The van der Waals surface area contributed by atoms with Gasteiger partial charge in [-0.15, -0.1) is 0 Å². The topological polar surface area (TPSA) is 341 Å². The molecular weight excluding hydrogens is 891 g/mol. The van der Waals surface area contributed by atoms with Crippen molar-refractivity contribution in [2.24, 2.45) is 5.92 Å². The molecule has 68 heavy (non-hydrogen) atoms. The van der Waals surface area contributed by atoms with E-state index in [0.717, 1.165) is 4.90 Å². The van der Waals surface area contributed by atoms with Crippen molar-refractivity contribution in [3.05, 3.63) is 84.5 Å². The second-order valence-corrected chi connectivity index (χ2v) is 16.3. The maximum absolute atomic E-state index is 13.9. The summed E-state index contributed by atoms with van der Waals surface area (Å²) in [6.07, 6.45) is -2.97. The molecule has 0 aliphatic carbocycles. The minimum absolute atomic E-state index is 0.0506. The Hall–Kier alpha value is -7.25. The number of hydrogen-bond acceptors (Lipinski definition) is 17. The van der Waals surface area contributed by atoms with Crippen LogP contribution in [0.15, 0.2) is 73.3 Å². The number of nitrogens with one attached hydrogen (secondary N) is 7. The Balaban J connectivity index is 1.01. The van der Waals surface area contributed by atoms with E-state index in [2.05, 4.69) is 51.8 Å². The number of H-pyrrole nitrogens is 1. The number of rotatable bonds is 20. The molecule has 4 heterocycles. The Bertz CT molecular complexity index is 2430. The first-order valence-electron chi connectivity index (χ1n) is 21.6. The molecule has 0 bridgehead atoms. The number of benzene rings is 2. The summed E-state index contributed by atoms with van der Waals surface area (Å²) in [6, 6.07) is 8.34. The highest BCUT2D eigenvalue weighted by Crippen LogP contribution is 2.25. The van der Waals surface area contributed by atoms with Crippen molar-refractivity contribution in [3.63, 3.8) is 0 Å². The van der Waals surface area contributed by atoms with Crippen LogP contribution in [0.4, 0.5) is 16.3 Å². The molecule has 24 heteroatoms. The molecule has 11 N–H and O–H groups in total. The number of imidazole rings is 1. The summed E-state index contributed by atoms with van der Waals surface area (Å²) in [6.45, 7) is 3.92. The van der Waals surface area contributed by atoms with Crippen molar-refractivity contribution >= 4 is 58.3 Å². The second-order valence-electron chi connectivity index (χ2n) is 16.3. The fourth-order valence-electron chi connectivity index (χ4n) is 7.28. The minimum atomic E-state index is -1.66. The molecule has 24 nitrogen and oxygen atoms in total. The molecule has 1 unspecified atom stereocenters. The van der Waals surface area contributed by atoms with Crippen molar-refractivity contribution in [2.45, 2.75) is 95.2 Å². The lowest BCUT2D eigenvalue weighted by Gasteiger charge is -2.43. The van der Waals surface area contributed by atoms with E-state index >= 15 is 0 Å². The average molecular weight is 946 g/mol. The number of aliphatic hydroxyl groups is 4. The molecular formula is C44H55N11O13. The van der Waals surface area contributed by atoms with Crippen LogP contribution in [0.3, 0.4) is 0 Å². The molecule has 0 radical (unpaired) electrons. The Morgan fingerprint density at radius 1 is 0.882 bits per heavy atom. The molecule has 9 atom stereocenters. The fourth-order valence-corrected chi connectivity index (χ4v) is 7.28. The Morgan fingerprint density at radius 2 is 1.60 bits per heavy atom. The van der Waals surface area contributed by atoms with Gasteiger partial charge in [0.25, 0.3) is 0 Å². The number of nitrogens with zero attached hydrogens (tertiary/aromatic N) is 4. The molecule has 4 aromatic rings. The van der Waals surface area contributed by atoms with E-state index in [9.17, 15) is 49.2 Å². The highest BCUT2D eigenvalue weighted by molar-refractivity contribution is 5.98. The fraction of sp³-hybridized carbons (Fsp3) is 0.432. The van der Waals surface area contributed by atoms with Crippen LogP contribution in [0.1, 0.15) is 38.3 Å². The summed E-state index contributed by atoms with van der Waals surface area (Å²) in [7, 11) is 1.50. The number of carbonyl (C=O) groups excluding carboxylic acids is 6. The van der Waals surface area contributed by atoms with E-state index in [-0.39, 0.29) is 37.7 Å². The van der Waals surface area contributed by atoms with Crippen molar-refractivity contribution in [1.29, 1.82) is 0 Å². The van der Waals surface area contributed by atoms with E-state index in [1.807, 2.05) is 0 Å². The van der Waals surface area contributed by atoms with Crippen LogP contribution >= 0.6 is 0 Å². The summed E-state index contributed by atoms with van der Waals surface area (Å²) in [5.74, 6) is -2.50. The number of amides is 6. The molecule has 2 aromatic heterocycles. The number of ether oxygens (including phenoxy) is 3. The highest BCUT2D eigenvalue weighted by atomic mass is 16.6. The van der Waals surface area contributed by atoms with Gasteiger partial charge in [-0.25, -0.2) is 19.7 Å². The zero-order chi connectivity index (χ0) is 49.1. The number of fused-ring (bicyclic) bond motifs is 1. The molecule has 2 aliphatic rings. The van der Waals surface area contributed by atoms with Gasteiger partial charge in [-0.3, -0.25) is 24.0 Å². The van der Waals surface area contributed by atoms with Crippen LogP contribution in [-0.4, -0.2) is 156 Å². The van der Waals surface area contributed by atoms with E-state index in [1.54, 1.807) is 62.4 Å². The van der Waals surface area contributed by atoms with Gasteiger partial charge >= 0.3 is 6.09 Å². The van der Waals surface area contributed by atoms with Crippen molar-refractivity contribution < 1.29 is 63.4 Å². The first-order chi connectivity index (χ1) is 32.5. The maximum Gasteiger partial charge on any atom is 0.408 e. The molecule has 1 fully saturated rings. The Morgan fingerprint density at radius 3 is 2.26 bits per heavy atom. The van der Waals surface area contributed by atoms with Crippen molar-refractivity contribution in [2.75, 3.05) is 30.9 Å². The van der Waals surface area contributed by atoms with Crippen LogP contribution < -0.4 is 36.6 Å². The Labute approximate surface area is 389 Å². The first-order valence-corrected chi connectivity index (χ1v) is 21.6. The van der Waals surface area contributed by atoms with Gasteiger partial charge in [0.2, 0.25) is 29.5 Å². The lowest BCUT2D eigenvalue weighted by Crippen LogP contribution is -2.67. The third kappa shape index (κ3) is 12.8. The van der Waals surface area contributed by atoms with Gasteiger partial charge in [-0.1, -0.05) is 38.1 Å². The predicted octanol–water partition coefficient (Wildman–Crippen LogP) is -1.07. The normalized spacial score (nSPS) is 21.4. The van der Waals surface area contributed by atoms with Gasteiger partial charge < -0.3 is 76.4 Å². The molecule has 2 aromatic carbocycles. The largest absolute Gasteiger partial charge is 0.497 e. The third-order valence-electron chi connectivity index (χ3n) is 11.2. The van der Waals surface area contributed by atoms with Crippen molar-refractivity contribution in [3.8, 4) is 5.75 Å². The number of aromatic nitrogens is 4. The van der Waals surface area contributed by atoms with Crippen LogP contribution in [0, 0.1) is 5.92 Å². The van der Waals surface area contributed by atoms with Crippen LogP contribution in [0.25, 0.3) is 11.2 Å². The average Bonchev–Trinajstić information content (AvgIpc) is 3.94. The summed E-state index contributed by atoms with van der Waals surface area (Å²) in [5, 5.41) is 58.4. The standard InChI is InChI=1S/C44H55N11O13/c1-22(2)33(52-30(57)15-16-55-31(58)13-14-32(55)59)42(64)49-23(3)40(62)50-26-9-5-25(6-10-26)19-67-44(65)51-28(17-24-7-11-27(66-4)12-8-24)41(63)53-34-29(18-56)68-43(37(61)36(34)60)54-39-35-38(46-20-45-35)47-21-48-39/h5-14,20-23,28-29,31,33-34,36-37,43,56,58,60-61H,15-19H2,1-4H3,(H,49,64)(H,50,62)(H,51,65)(H,52,57)(H,53,63)(H2,45,46,47,48,54)/t23-,28+,29-,31?,33-,34-,36+,37-,43-/m0/s1. The zero-order valence-corrected chi connectivity index (χ0v) is 37.5. The van der Waals surface area contributed by atoms with Crippen LogP contribution in [-0.2, 0) is 46.5 Å². The number of carbonyl (C=O) groups is 6. The number of hydrogen-bond donors (Lipinski definition) is 11. The molecule has 1 saturated heterocycles. The maximum atomic E-state index is 13.9. The molecule has 6 rings (SSSR count). The minimum Gasteiger partial charge on any atom is -0.497 e. The van der Waals surface area contributed by atoms with E-state index in [0.29, 0.717) is 33.7 Å². The molecule has 364 valence electrons. The lowest BCUT2D eigenvalue weighted by molar-refractivity contribution is -0.185. The van der Waals surface area contributed by atoms with Crippen molar-refractivity contribution in [1.82, 2.24) is 46.1 Å². The van der Waals surface area contributed by atoms with Gasteiger partial charge in [-0.2, -0.15) is 0 Å². The van der Waals surface area contributed by atoms with E-state index in [1.165, 1.54) is 38.8 Å². The van der Waals surface area contributed by atoms with Gasteiger partial charge in [0.1, 0.15) is 66.9 Å². The summed E-state index contributed by atoms with van der Waals surface area (Å²) >= 11 is 0. The lowest BCUT2D eigenvalue weighted by atomic mass is 9.94. The molecule has 6 amide bonds. The number of methoxy groups -OCH3 is 1. The number of alkyl carbamates (subject to hydrolysis) is 1. The quantitative estimate of drug-likeness (QED) is 0.0502. The summed E-state index contributed by atoms with van der Waals surface area (Å²) in [5.41, 5.74) is 2.21. The third-order valence-corrected chi connectivity index (χ3v) is 11.2. The van der Waals surface area contributed by atoms with Gasteiger partial charge in [0, 0.05) is 31.1 Å². The number of anilines is 2. The van der Waals surface area contributed by atoms with Gasteiger partial charge in [0.05, 0.1) is 26.1 Å². The van der Waals surface area contributed by atoms with E-state index < -0.39 is 97.2 Å². The molecule has 0 saturated carbocycles. The number of aromatic amines is 1. The van der Waals surface area contributed by atoms with Gasteiger partial charge in [0.15, 0.2) is 17.7 Å². The zero-order valence-electron chi connectivity index (χ0n) is 37.5. The SMILES string of the molecule is COc1ccc(C[C@@H](NC(=O)OCc2ccc(NC(=O)[C@H](C)NC(=O)[C@@H](NC(=O)CCN3C(=O)C=CC3O)C(C)C)cc2)C(=O)N[C@@H]2[C@@H](O)[C@H](O)[C@@H](Nc3ncnc4nc[nH]c34)O[C@H]2CO)cc1. The summed E-state index contributed by atoms with van der Waals surface area (Å²) in [4.78, 5) is 94.0. The molecule has 0 spiro atoms.